The van der Waals surface area contributed by atoms with Gasteiger partial charge in [-0.05, 0) is 37.0 Å². The number of benzene rings is 1. The summed E-state index contributed by atoms with van der Waals surface area (Å²) in [7, 11) is 0. The smallest absolute Gasteiger partial charge is 0.319 e. The largest absolute Gasteiger partial charge is 0.376 e. The molecule has 1 aliphatic heterocycles. The predicted molar refractivity (Wildman–Crippen MR) is 97.8 cm³/mol. The molecule has 1 aromatic heterocycles. The van der Waals surface area contributed by atoms with Crippen molar-refractivity contribution < 1.29 is 9.53 Å². The lowest BCUT2D eigenvalue weighted by atomic mass is 10.1. The second-order valence-corrected chi connectivity index (χ2v) is 6.64. The highest BCUT2D eigenvalue weighted by molar-refractivity contribution is 6.30. The van der Waals surface area contributed by atoms with Crippen molar-refractivity contribution in [2.75, 3.05) is 11.9 Å². The number of carbonyl (C=O) groups is 1. The summed E-state index contributed by atoms with van der Waals surface area (Å²) in [5, 5.41) is 10.7. The van der Waals surface area contributed by atoms with Gasteiger partial charge < -0.3 is 15.4 Å². The van der Waals surface area contributed by atoms with Crippen LogP contribution in [-0.2, 0) is 11.3 Å². The Labute approximate surface area is 152 Å². The first-order chi connectivity index (χ1) is 12.1. The van der Waals surface area contributed by atoms with Gasteiger partial charge >= 0.3 is 6.03 Å². The van der Waals surface area contributed by atoms with Crippen molar-refractivity contribution in [1.29, 1.82) is 0 Å². The fourth-order valence-electron chi connectivity index (χ4n) is 2.99. The third-order valence-electron chi connectivity index (χ3n) is 4.27. The average molecular weight is 363 g/mol. The van der Waals surface area contributed by atoms with Crippen LogP contribution < -0.4 is 10.6 Å². The molecule has 7 heteroatoms. The van der Waals surface area contributed by atoms with E-state index in [0.29, 0.717) is 17.3 Å². The van der Waals surface area contributed by atoms with Crippen LogP contribution in [0.25, 0.3) is 0 Å². The predicted octanol–water partition coefficient (Wildman–Crippen LogP) is 3.99. The van der Waals surface area contributed by atoms with E-state index in [-0.39, 0.29) is 18.2 Å². The van der Waals surface area contributed by atoms with Gasteiger partial charge in [0.1, 0.15) is 0 Å². The Kier molecular flexibility index (Phi) is 5.94. The molecule has 1 aromatic carbocycles. The number of aromatic nitrogens is 2. The Morgan fingerprint density at radius 1 is 1.52 bits per heavy atom. The minimum Gasteiger partial charge on any atom is -0.376 e. The molecule has 1 saturated heterocycles. The molecule has 2 aromatic rings. The number of nitrogens with one attached hydrogen (secondary N) is 2. The number of rotatable bonds is 6. The normalized spacial score (nSPS) is 18.1. The van der Waals surface area contributed by atoms with Crippen LogP contribution in [0.4, 0.5) is 10.5 Å². The Hall–Kier alpha value is -2.05. The van der Waals surface area contributed by atoms with E-state index in [1.54, 1.807) is 10.9 Å². The van der Waals surface area contributed by atoms with Crippen molar-refractivity contribution in [3.05, 3.63) is 47.2 Å². The number of nitrogens with zero attached hydrogens (tertiary/aromatic N) is 2. The Bertz CT molecular complexity index is 713. The van der Waals surface area contributed by atoms with E-state index >= 15 is 0 Å². The van der Waals surface area contributed by atoms with Crippen LogP contribution in [0.2, 0.25) is 5.02 Å². The molecule has 0 spiro atoms. The minimum atomic E-state index is -0.261. The Morgan fingerprint density at radius 3 is 3.12 bits per heavy atom. The van der Waals surface area contributed by atoms with Crippen LogP contribution in [-0.4, -0.2) is 28.5 Å². The second-order valence-electron chi connectivity index (χ2n) is 6.20. The molecule has 2 amide bonds. The summed E-state index contributed by atoms with van der Waals surface area (Å²) in [6.07, 6.45) is 6.61. The Morgan fingerprint density at radius 2 is 2.40 bits per heavy atom. The van der Waals surface area contributed by atoms with Crippen molar-refractivity contribution in [2.45, 2.75) is 44.9 Å². The molecule has 0 aliphatic carbocycles. The van der Waals surface area contributed by atoms with Crippen LogP contribution in [0.15, 0.2) is 36.7 Å². The lowest BCUT2D eigenvalue weighted by Crippen LogP contribution is -2.32. The highest BCUT2D eigenvalue weighted by atomic mass is 35.5. The maximum Gasteiger partial charge on any atom is 0.319 e. The molecule has 0 radical (unpaired) electrons. The average Bonchev–Trinajstić information content (AvgIpc) is 3.25. The van der Waals surface area contributed by atoms with Gasteiger partial charge in [-0.1, -0.05) is 30.7 Å². The molecule has 0 bridgehead atoms. The lowest BCUT2D eigenvalue weighted by molar-refractivity contribution is 0.0940. The number of carbonyl (C=O) groups excluding carboxylic acids is 1. The maximum atomic E-state index is 12.3. The van der Waals surface area contributed by atoms with Gasteiger partial charge in [0.25, 0.3) is 0 Å². The van der Waals surface area contributed by atoms with Gasteiger partial charge in [0.05, 0.1) is 30.6 Å². The fourth-order valence-corrected chi connectivity index (χ4v) is 3.19. The number of urea groups is 1. The van der Waals surface area contributed by atoms with Crippen molar-refractivity contribution in [1.82, 2.24) is 15.1 Å². The Balaban J connectivity index is 1.55. The summed E-state index contributed by atoms with van der Waals surface area (Å²) in [5.74, 6) is 0. The number of ether oxygens (including phenoxy) is 1. The summed E-state index contributed by atoms with van der Waals surface area (Å²) in [5.41, 5.74) is 1.65. The highest BCUT2D eigenvalue weighted by Crippen LogP contribution is 2.20. The van der Waals surface area contributed by atoms with E-state index in [1.165, 1.54) is 0 Å². The summed E-state index contributed by atoms with van der Waals surface area (Å²) < 4.78 is 7.41. The molecular formula is C18H23ClN4O2. The molecule has 1 aliphatic rings. The summed E-state index contributed by atoms with van der Waals surface area (Å²) in [6.45, 7) is 3.55. The number of hydrogen-bond acceptors (Lipinski definition) is 3. The monoisotopic (exact) mass is 362 g/mol. The minimum absolute atomic E-state index is 0.0966. The van der Waals surface area contributed by atoms with Crippen molar-refractivity contribution in [3.8, 4) is 0 Å². The quantitative estimate of drug-likeness (QED) is 0.816. The summed E-state index contributed by atoms with van der Waals surface area (Å²) in [4.78, 5) is 12.3. The molecular weight excluding hydrogens is 340 g/mol. The van der Waals surface area contributed by atoms with Gasteiger partial charge in [-0.25, -0.2) is 4.79 Å². The summed E-state index contributed by atoms with van der Waals surface area (Å²) >= 11 is 6.04. The van der Waals surface area contributed by atoms with Gasteiger partial charge in [0.2, 0.25) is 0 Å². The van der Waals surface area contributed by atoms with Crippen LogP contribution >= 0.6 is 11.6 Å². The molecule has 2 heterocycles. The fraction of sp³-hybridized carbons (Fsp3) is 0.444. The first kappa shape index (κ1) is 17.8. The molecule has 25 heavy (non-hydrogen) atoms. The van der Waals surface area contributed by atoms with E-state index in [1.807, 2.05) is 37.4 Å². The number of halogens is 1. The standard InChI is InChI=1S/C18H23ClN4O2/c1-2-17(13-5-3-6-14(19)9-13)22-18(24)21-15-10-20-23(11-15)12-16-7-4-8-25-16/h3,5-6,9-11,16-17H,2,4,7-8,12H2,1H3,(H2,21,22,24). The van der Waals surface area contributed by atoms with E-state index in [2.05, 4.69) is 15.7 Å². The first-order valence-corrected chi connectivity index (χ1v) is 8.99. The van der Waals surface area contributed by atoms with Crippen molar-refractivity contribution in [3.63, 3.8) is 0 Å². The van der Waals surface area contributed by atoms with Crippen molar-refractivity contribution in [2.24, 2.45) is 0 Å². The zero-order chi connectivity index (χ0) is 17.6. The second kappa shape index (κ2) is 8.36. The maximum absolute atomic E-state index is 12.3. The van der Waals surface area contributed by atoms with Crippen LogP contribution in [0, 0.1) is 0 Å². The van der Waals surface area contributed by atoms with Crippen molar-refractivity contribution >= 4 is 23.3 Å². The van der Waals surface area contributed by atoms with Gasteiger partial charge in [0.15, 0.2) is 0 Å². The molecule has 2 N–H and O–H groups in total. The topological polar surface area (TPSA) is 68.2 Å². The highest BCUT2D eigenvalue weighted by Gasteiger charge is 2.17. The van der Waals surface area contributed by atoms with E-state index in [4.69, 9.17) is 16.3 Å². The number of amides is 2. The molecule has 0 saturated carbocycles. The van der Waals surface area contributed by atoms with E-state index in [0.717, 1.165) is 31.4 Å². The molecule has 2 unspecified atom stereocenters. The lowest BCUT2D eigenvalue weighted by Gasteiger charge is -2.17. The SMILES string of the molecule is CCC(NC(=O)Nc1cnn(CC2CCCO2)c1)c1cccc(Cl)c1. The summed E-state index contributed by atoms with van der Waals surface area (Å²) in [6, 6.07) is 7.18. The first-order valence-electron chi connectivity index (χ1n) is 8.61. The molecule has 1 fully saturated rings. The van der Waals surface area contributed by atoms with E-state index < -0.39 is 0 Å². The molecule has 134 valence electrons. The van der Waals surface area contributed by atoms with Gasteiger partial charge in [-0.3, -0.25) is 4.68 Å². The molecule has 2 atom stereocenters. The van der Waals surface area contributed by atoms with E-state index in [9.17, 15) is 4.79 Å². The zero-order valence-electron chi connectivity index (χ0n) is 14.2. The van der Waals surface area contributed by atoms with Gasteiger partial charge in [0, 0.05) is 17.8 Å². The molecule has 3 rings (SSSR count). The third-order valence-corrected chi connectivity index (χ3v) is 4.51. The van der Waals surface area contributed by atoms with Crippen LogP contribution in [0.3, 0.4) is 0 Å². The zero-order valence-corrected chi connectivity index (χ0v) is 15.0. The van der Waals surface area contributed by atoms with Gasteiger partial charge in [-0.2, -0.15) is 5.10 Å². The van der Waals surface area contributed by atoms with Crippen LogP contribution in [0.1, 0.15) is 37.8 Å². The number of hydrogen-bond donors (Lipinski definition) is 2. The van der Waals surface area contributed by atoms with Crippen LogP contribution in [0.5, 0.6) is 0 Å². The van der Waals surface area contributed by atoms with Gasteiger partial charge in [-0.15, -0.1) is 0 Å². The molecule has 6 nitrogen and oxygen atoms in total. The number of anilines is 1. The third kappa shape index (κ3) is 4.96.